The van der Waals surface area contributed by atoms with Crippen LogP contribution < -0.4 is 0 Å². The van der Waals surface area contributed by atoms with E-state index in [1.807, 2.05) is 18.7 Å². The minimum absolute atomic E-state index is 0.453. The highest BCUT2D eigenvalue weighted by atomic mass is 35.5. The van der Waals surface area contributed by atoms with Crippen LogP contribution in [0.15, 0.2) is 0 Å². The number of fused-ring (bicyclic) bond motifs is 1. The second-order valence-electron chi connectivity index (χ2n) is 5.12. The number of aryl methyl sites for hydroxylation is 2. The number of rotatable bonds is 2. The monoisotopic (exact) mass is 267 g/mol. The first-order chi connectivity index (χ1) is 8.61. The van der Waals surface area contributed by atoms with Gasteiger partial charge in [-0.3, -0.25) is 4.68 Å². The minimum Gasteiger partial charge on any atom is -0.307 e. The van der Waals surface area contributed by atoms with Crippen LogP contribution in [-0.2, 0) is 12.9 Å². The number of likely N-dealkylation sites (N-methyl/N-ethyl adjacent to an activating group) is 1. The van der Waals surface area contributed by atoms with Gasteiger partial charge in [0.15, 0.2) is 5.65 Å². The third-order valence-corrected chi connectivity index (χ3v) is 4.00. The molecule has 2 aromatic heterocycles. The molecule has 18 heavy (non-hydrogen) atoms. The fraction of sp³-hybridized carbons (Fsp3) is 0.667. The Morgan fingerprint density at radius 3 is 2.78 bits per heavy atom. The summed E-state index contributed by atoms with van der Waals surface area (Å²) in [4.78, 5) is 7.00. The lowest BCUT2D eigenvalue weighted by molar-refractivity contribution is 0.391. The zero-order chi connectivity index (χ0) is 12.9. The summed E-state index contributed by atoms with van der Waals surface area (Å²) in [5.74, 6) is 1.41. The maximum atomic E-state index is 6.05. The van der Waals surface area contributed by atoms with Crippen LogP contribution in [0.5, 0.6) is 0 Å². The maximum Gasteiger partial charge on any atom is 0.159 e. The maximum absolute atomic E-state index is 6.05. The van der Waals surface area contributed by atoms with Gasteiger partial charge >= 0.3 is 0 Å². The van der Waals surface area contributed by atoms with Crippen molar-refractivity contribution >= 4 is 22.8 Å². The summed E-state index contributed by atoms with van der Waals surface area (Å²) in [6.45, 7) is 4.18. The smallest absolute Gasteiger partial charge is 0.159 e. The van der Waals surface area contributed by atoms with Gasteiger partial charge in [0.25, 0.3) is 0 Å². The Labute approximate surface area is 111 Å². The SMILES string of the molecule is Cc1nn(C)c2c1nc(CCl)n2C1CCN(C)C1. The quantitative estimate of drug-likeness (QED) is 0.778. The summed E-state index contributed by atoms with van der Waals surface area (Å²) in [6, 6.07) is 0.462. The molecule has 0 spiro atoms. The predicted octanol–water partition coefficient (Wildman–Crippen LogP) is 1.69. The van der Waals surface area contributed by atoms with Gasteiger partial charge in [0.2, 0.25) is 0 Å². The van der Waals surface area contributed by atoms with E-state index in [1.165, 1.54) is 0 Å². The normalized spacial score (nSPS) is 21.2. The molecule has 6 heteroatoms. The van der Waals surface area contributed by atoms with E-state index in [2.05, 4.69) is 26.6 Å². The Bertz CT molecular complexity index is 585. The highest BCUT2D eigenvalue weighted by Gasteiger charge is 2.27. The molecule has 0 aliphatic carbocycles. The zero-order valence-electron chi connectivity index (χ0n) is 11.0. The van der Waals surface area contributed by atoms with Crippen molar-refractivity contribution in [3.05, 3.63) is 11.5 Å². The molecule has 1 saturated heterocycles. The van der Waals surface area contributed by atoms with Crippen molar-refractivity contribution in [1.29, 1.82) is 0 Å². The van der Waals surface area contributed by atoms with Gasteiger partial charge < -0.3 is 9.47 Å². The molecule has 1 aliphatic heterocycles. The molecule has 0 radical (unpaired) electrons. The van der Waals surface area contributed by atoms with Crippen LogP contribution in [-0.4, -0.2) is 44.4 Å². The van der Waals surface area contributed by atoms with Crippen LogP contribution >= 0.6 is 11.6 Å². The Morgan fingerprint density at radius 1 is 1.39 bits per heavy atom. The zero-order valence-corrected chi connectivity index (χ0v) is 11.8. The second kappa shape index (κ2) is 4.24. The molecule has 1 fully saturated rings. The molecule has 0 aromatic carbocycles. The lowest BCUT2D eigenvalue weighted by atomic mass is 10.2. The number of nitrogens with zero attached hydrogens (tertiary/aromatic N) is 5. The van der Waals surface area contributed by atoms with E-state index in [4.69, 9.17) is 11.6 Å². The largest absolute Gasteiger partial charge is 0.307 e. The molecule has 3 rings (SSSR count). The van der Waals surface area contributed by atoms with Crippen LogP contribution in [0.2, 0.25) is 0 Å². The van der Waals surface area contributed by atoms with E-state index in [0.29, 0.717) is 11.9 Å². The van der Waals surface area contributed by atoms with E-state index in [9.17, 15) is 0 Å². The minimum atomic E-state index is 0.453. The molecular weight excluding hydrogens is 250 g/mol. The van der Waals surface area contributed by atoms with Gasteiger partial charge in [0.1, 0.15) is 11.3 Å². The van der Waals surface area contributed by atoms with Crippen molar-refractivity contribution in [2.45, 2.75) is 25.3 Å². The molecule has 1 unspecified atom stereocenters. The number of alkyl halides is 1. The van der Waals surface area contributed by atoms with Gasteiger partial charge in [-0.05, 0) is 26.9 Å². The van der Waals surface area contributed by atoms with Gasteiger partial charge in [-0.2, -0.15) is 5.10 Å². The number of hydrogen-bond donors (Lipinski definition) is 0. The first-order valence-electron chi connectivity index (χ1n) is 6.26. The van der Waals surface area contributed by atoms with Gasteiger partial charge in [-0.25, -0.2) is 4.98 Å². The third-order valence-electron chi connectivity index (χ3n) is 3.76. The molecule has 0 saturated carbocycles. The van der Waals surface area contributed by atoms with Crippen molar-refractivity contribution in [2.24, 2.45) is 7.05 Å². The van der Waals surface area contributed by atoms with Gasteiger partial charge in [0.05, 0.1) is 17.6 Å². The Kier molecular flexibility index (Phi) is 2.83. The van der Waals surface area contributed by atoms with Crippen molar-refractivity contribution in [1.82, 2.24) is 24.2 Å². The van der Waals surface area contributed by atoms with Crippen LogP contribution in [0.25, 0.3) is 11.2 Å². The fourth-order valence-corrected chi connectivity index (χ4v) is 3.13. The van der Waals surface area contributed by atoms with Crippen LogP contribution in [0.1, 0.15) is 24.0 Å². The van der Waals surface area contributed by atoms with E-state index in [-0.39, 0.29) is 0 Å². The molecule has 0 bridgehead atoms. The molecule has 0 amide bonds. The van der Waals surface area contributed by atoms with Crippen molar-refractivity contribution < 1.29 is 0 Å². The lowest BCUT2D eigenvalue weighted by Crippen LogP contribution is -2.18. The number of imidazole rings is 1. The topological polar surface area (TPSA) is 38.9 Å². The average molecular weight is 268 g/mol. The van der Waals surface area contributed by atoms with Crippen LogP contribution in [0, 0.1) is 6.92 Å². The van der Waals surface area contributed by atoms with Crippen molar-refractivity contribution in [2.75, 3.05) is 20.1 Å². The van der Waals surface area contributed by atoms with Gasteiger partial charge in [0, 0.05) is 13.6 Å². The highest BCUT2D eigenvalue weighted by molar-refractivity contribution is 6.16. The van der Waals surface area contributed by atoms with Crippen LogP contribution in [0.4, 0.5) is 0 Å². The molecule has 3 heterocycles. The molecular formula is C12H18ClN5. The average Bonchev–Trinajstić information content (AvgIpc) is 2.96. The highest BCUT2D eigenvalue weighted by Crippen LogP contribution is 2.29. The van der Waals surface area contributed by atoms with E-state index in [1.54, 1.807) is 0 Å². The van der Waals surface area contributed by atoms with Gasteiger partial charge in [-0.1, -0.05) is 0 Å². The number of halogens is 1. The molecule has 1 atom stereocenters. The lowest BCUT2D eigenvalue weighted by Gasteiger charge is -2.16. The molecule has 2 aromatic rings. The molecule has 0 N–H and O–H groups in total. The fourth-order valence-electron chi connectivity index (χ4n) is 2.94. The molecule has 5 nitrogen and oxygen atoms in total. The molecule has 98 valence electrons. The Morgan fingerprint density at radius 2 is 2.17 bits per heavy atom. The summed E-state index contributed by atoms with van der Waals surface area (Å²) in [5.41, 5.74) is 3.06. The summed E-state index contributed by atoms with van der Waals surface area (Å²) in [6.07, 6.45) is 1.15. The molecule has 1 aliphatic rings. The summed E-state index contributed by atoms with van der Waals surface area (Å²) in [7, 11) is 4.13. The first-order valence-corrected chi connectivity index (χ1v) is 6.80. The van der Waals surface area contributed by atoms with E-state index >= 15 is 0 Å². The number of hydrogen-bond acceptors (Lipinski definition) is 3. The van der Waals surface area contributed by atoms with Crippen molar-refractivity contribution in [3.8, 4) is 0 Å². The van der Waals surface area contributed by atoms with Crippen molar-refractivity contribution in [3.63, 3.8) is 0 Å². The predicted molar refractivity (Wildman–Crippen MR) is 71.9 cm³/mol. The standard InChI is InChI=1S/C12H18ClN5/c1-8-11-12(17(3)15-8)18(10(6-13)14-11)9-4-5-16(2)7-9/h9H,4-7H2,1-3H3. The summed E-state index contributed by atoms with van der Waals surface area (Å²) < 4.78 is 4.21. The second-order valence-corrected chi connectivity index (χ2v) is 5.38. The Hall–Kier alpha value is -1.07. The van der Waals surface area contributed by atoms with E-state index < -0.39 is 0 Å². The summed E-state index contributed by atoms with van der Waals surface area (Å²) >= 11 is 6.05. The Balaban J connectivity index is 2.19. The number of aromatic nitrogens is 4. The summed E-state index contributed by atoms with van der Waals surface area (Å²) in [5, 5.41) is 4.45. The third kappa shape index (κ3) is 1.65. The van der Waals surface area contributed by atoms with E-state index in [0.717, 1.165) is 42.2 Å². The number of likely N-dealkylation sites (tertiary alicyclic amines) is 1. The van der Waals surface area contributed by atoms with Crippen LogP contribution in [0.3, 0.4) is 0 Å². The first kappa shape index (κ1) is 12.0. The van der Waals surface area contributed by atoms with Gasteiger partial charge in [-0.15, -0.1) is 11.6 Å².